The Morgan fingerprint density at radius 2 is 1.92 bits per heavy atom. The molecule has 2 unspecified atom stereocenters. The summed E-state index contributed by atoms with van der Waals surface area (Å²) in [5, 5.41) is 4.05. The second kappa shape index (κ2) is 7.17. The third-order valence-electron chi connectivity index (χ3n) is 4.17. The number of hydrazone groups is 1. The van der Waals surface area contributed by atoms with Gasteiger partial charge >= 0.3 is 0 Å². The molecule has 3 rings (SSSR count). The van der Waals surface area contributed by atoms with Crippen LogP contribution in [0.4, 0.5) is 0 Å². The van der Waals surface area contributed by atoms with E-state index in [0.717, 1.165) is 12.0 Å². The Morgan fingerprint density at radius 3 is 2.62 bits per heavy atom. The van der Waals surface area contributed by atoms with E-state index in [9.17, 15) is 4.79 Å². The Labute approximate surface area is 141 Å². The topological polar surface area (TPSA) is 59.9 Å². The Balaban J connectivity index is 1.61. The second-order valence-corrected chi connectivity index (χ2v) is 5.68. The van der Waals surface area contributed by atoms with E-state index in [1.165, 1.54) is 5.56 Å². The largest absolute Gasteiger partial charge is 0.493 e. The van der Waals surface area contributed by atoms with Crippen LogP contribution in [0.1, 0.15) is 23.5 Å². The van der Waals surface area contributed by atoms with Gasteiger partial charge < -0.3 is 9.47 Å². The van der Waals surface area contributed by atoms with Gasteiger partial charge in [-0.2, -0.15) is 5.10 Å². The zero-order valence-electron chi connectivity index (χ0n) is 13.7. The third kappa shape index (κ3) is 3.40. The average Bonchev–Trinajstić information content (AvgIpc) is 3.43. The van der Waals surface area contributed by atoms with Crippen LogP contribution < -0.4 is 14.9 Å². The van der Waals surface area contributed by atoms with Crippen molar-refractivity contribution in [3.8, 4) is 11.5 Å². The highest BCUT2D eigenvalue weighted by atomic mass is 16.5. The molecular formula is C19H20N2O3. The summed E-state index contributed by atoms with van der Waals surface area (Å²) < 4.78 is 10.6. The van der Waals surface area contributed by atoms with Crippen LogP contribution in [0.25, 0.3) is 0 Å². The van der Waals surface area contributed by atoms with E-state index in [2.05, 4.69) is 22.7 Å². The fourth-order valence-corrected chi connectivity index (χ4v) is 2.82. The molecule has 1 N–H and O–H groups in total. The first-order valence-corrected chi connectivity index (χ1v) is 7.83. The second-order valence-electron chi connectivity index (χ2n) is 5.68. The molecular weight excluding hydrogens is 304 g/mol. The Bertz CT molecular complexity index is 744. The number of hydrogen-bond donors (Lipinski definition) is 1. The lowest BCUT2D eigenvalue weighted by Gasteiger charge is -2.09. The number of methoxy groups -OCH3 is 2. The van der Waals surface area contributed by atoms with Crippen LogP contribution in [0.3, 0.4) is 0 Å². The standard InChI is InChI=1S/C19H20N2O3/c1-23-17-10-6-9-14(18(17)24-2)12-20-21-19(22)16-11-15(16)13-7-4-3-5-8-13/h3-10,12,15-16H,11H2,1-2H3,(H,21,22)/b20-12+. The number of para-hydroxylation sites is 1. The molecule has 0 heterocycles. The average molecular weight is 324 g/mol. The van der Waals surface area contributed by atoms with Crippen molar-refractivity contribution in [1.29, 1.82) is 0 Å². The summed E-state index contributed by atoms with van der Waals surface area (Å²) in [4.78, 5) is 12.2. The van der Waals surface area contributed by atoms with Crippen LogP contribution in [0.15, 0.2) is 53.6 Å². The van der Waals surface area contributed by atoms with Gasteiger partial charge in [0.15, 0.2) is 11.5 Å². The number of hydrogen-bond acceptors (Lipinski definition) is 4. The summed E-state index contributed by atoms with van der Waals surface area (Å²) in [5.41, 5.74) is 4.56. The van der Waals surface area contributed by atoms with Gasteiger partial charge in [0.2, 0.25) is 5.91 Å². The van der Waals surface area contributed by atoms with Crippen molar-refractivity contribution in [3.63, 3.8) is 0 Å². The van der Waals surface area contributed by atoms with Crippen molar-refractivity contribution in [2.45, 2.75) is 12.3 Å². The van der Waals surface area contributed by atoms with E-state index in [4.69, 9.17) is 9.47 Å². The number of benzene rings is 2. The molecule has 1 saturated carbocycles. The van der Waals surface area contributed by atoms with Crippen molar-refractivity contribution in [1.82, 2.24) is 5.43 Å². The minimum Gasteiger partial charge on any atom is -0.493 e. The lowest BCUT2D eigenvalue weighted by molar-refractivity contribution is -0.122. The van der Waals surface area contributed by atoms with Crippen molar-refractivity contribution in [2.75, 3.05) is 14.2 Å². The van der Waals surface area contributed by atoms with Crippen LogP contribution in [-0.4, -0.2) is 26.3 Å². The van der Waals surface area contributed by atoms with Crippen LogP contribution in [0, 0.1) is 5.92 Å². The maximum atomic E-state index is 12.2. The van der Waals surface area contributed by atoms with Crippen molar-refractivity contribution < 1.29 is 14.3 Å². The molecule has 1 aliphatic carbocycles. The summed E-state index contributed by atoms with van der Waals surface area (Å²) >= 11 is 0. The fourth-order valence-electron chi connectivity index (χ4n) is 2.82. The van der Waals surface area contributed by atoms with E-state index < -0.39 is 0 Å². The lowest BCUT2D eigenvalue weighted by atomic mass is 10.1. The monoisotopic (exact) mass is 324 g/mol. The molecule has 1 amide bonds. The summed E-state index contributed by atoms with van der Waals surface area (Å²) in [6.45, 7) is 0. The molecule has 5 heteroatoms. The molecule has 0 radical (unpaired) electrons. The van der Waals surface area contributed by atoms with Gasteiger partial charge in [-0.15, -0.1) is 0 Å². The molecule has 2 atom stereocenters. The molecule has 24 heavy (non-hydrogen) atoms. The van der Waals surface area contributed by atoms with E-state index in [1.807, 2.05) is 36.4 Å². The Hall–Kier alpha value is -2.82. The molecule has 1 fully saturated rings. The summed E-state index contributed by atoms with van der Waals surface area (Å²) in [6.07, 6.45) is 2.44. The van der Waals surface area contributed by atoms with Gasteiger partial charge in [-0.05, 0) is 30.0 Å². The quantitative estimate of drug-likeness (QED) is 0.656. The maximum Gasteiger partial charge on any atom is 0.243 e. The zero-order chi connectivity index (χ0) is 16.9. The SMILES string of the molecule is COc1cccc(/C=N/NC(=O)C2CC2c2ccccc2)c1OC. The van der Waals surface area contributed by atoms with E-state index in [1.54, 1.807) is 20.4 Å². The van der Waals surface area contributed by atoms with Crippen molar-refractivity contribution in [3.05, 3.63) is 59.7 Å². The van der Waals surface area contributed by atoms with Gasteiger partial charge in [0.25, 0.3) is 0 Å². The lowest BCUT2D eigenvalue weighted by Crippen LogP contribution is -2.20. The van der Waals surface area contributed by atoms with E-state index in [0.29, 0.717) is 17.4 Å². The van der Waals surface area contributed by atoms with Gasteiger partial charge in [-0.1, -0.05) is 36.4 Å². The Morgan fingerprint density at radius 1 is 1.12 bits per heavy atom. The molecule has 2 aromatic rings. The predicted molar refractivity (Wildman–Crippen MR) is 92.6 cm³/mol. The van der Waals surface area contributed by atoms with Crippen LogP contribution >= 0.6 is 0 Å². The minimum absolute atomic E-state index is 0.00300. The zero-order valence-corrected chi connectivity index (χ0v) is 13.7. The summed E-state index contributed by atoms with van der Waals surface area (Å²) in [6, 6.07) is 15.6. The number of carbonyl (C=O) groups excluding carboxylic acids is 1. The van der Waals surface area contributed by atoms with Crippen molar-refractivity contribution >= 4 is 12.1 Å². The summed E-state index contributed by atoms with van der Waals surface area (Å²) in [7, 11) is 3.15. The van der Waals surface area contributed by atoms with Gasteiger partial charge in [-0.3, -0.25) is 4.79 Å². The molecule has 0 aliphatic heterocycles. The minimum atomic E-state index is -0.0537. The van der Waals surface area contributed by atoms with Crippen LogP contribution in [0.2, 0.25) is 0 Å². The Kier molecular flexibility index (Phi) is 4.79. The van der Waals surface area contributed by atoms with Gasteiger partial charge in [0, 0.05) is 11.5 Å². The van der Waals surface area contributed by atoms with Crippen LogP contribution in [-0.2, 0) is 4.79 Å². The van der Waals surface area contributed by atoms with Crippen LogP contribution in [0.5, 0.6) is 11.5 Å². The molecule has 1 aliphatic rings. The molecule has 5 nitrogen and oxygen atoms in total. The molecule has 0 bridgehead atoms. The van der Waals surface area contributed by atoms with Gasteiger partial charge in [0.05, 0.1) is 20.4 Å². The number of amides is 1. The van der Waals surface area contributed by atoms with E-state index >= 15 is 0 Å². The molecule has 0 spiro atoms. The number of nitrogens with zero attached hydrogens (tertiary/aromatic N) is 1. The smallest absolute Gasteiger partial charge is 0.243 e. The number of rotatable bonds is 6. The molecule has 2 aromatic carbocycles. The highest BCUT2D eigenvalue weighted by Gasteiger charge is 2.43. The third-order valence-corrected chi connectivity index (χ3v) is 4.17. The highest BCUT2D eigenvalue weighted by Crippen LogP contribution is 2.47. The fraction of sp³-hybridized carbons (Fsp3) is 0.263. The normalized spacial score (nSPS) is 19.1. The highest BCUT2D eigenvalue weighted by molar-refractivity contribution is 5.88. The number of carbonyl (C=O) groups is 1. The van der Waals surface area contributed by atoms with Gasteiger partial charge in [0.1, 0.15) is 0 Å². The molecule has 124 valence electrons. The van der Waals surface area contributed by atoms with E-state index in [-0.39, 0.29) is 11.8 Å². The first-order chi connectivity index (χ1) is 11.7. The maximum absolute atomic E-state index is 12.2. The molecule has 0 aromatic heterocycles. The number of nitrogens with one attached hydrogen (secondary N) is 1. The molecule has 0 saturated heterocycles. The number of ether oxygens (including phenoxy) is 2. The predicted octanol–water partition coefficient (Wildman–Crippen LogP) is 2.96. The summed E-state index contributed by atoms with van der Waals surface area (Å²) in [5.74, 6) is 1.46. The van der Waals surface area contributed by atoms with Gasteiger partial charge in [-0.25, -0.2) is 5.43 Å². The first-order valence-electron chi connectivity index (χ1n) is 7.83. The first kappa shape index (κ1) is 16.1. The van der Waals surface area contributed by atoms with Crippen molar-refractivity contribution in [2.24, 2.45) is 11.0 Å².